The monoisotopic (exact) mass is 436 g/mol. The number of methoxy groups -OCH3 is 3. The van der Waals surface area contributed by atoms with Crippen LogP contribution in [0.25, 0.3) is 0 Å². The van der Waals surface area contributed by atoms with E-state index in [9.17, 15) is 9.59 Å². The number of hydrogen-bond donors (Lipinski definition) is 0. The standard InChI is InChI=1S/C25H24O7/c1-5-16-6-10-19(11-7-16)31-24(26)17-9-13-21(23(15-17)30-4)32-25(27)18-8-12-20(28-2)22(14-18)29-3/h6-15H,5H2,1-4H3. The minimum Gasteiger partial charge on any atom is -0.493 e. The molecule has 0 aromatic heterocycles. The average Bonchev–Trinajstić information content (AvgIpc) is 2.84. The van der Waals surface area contributed by atoms with Gasteiger partial charge in [-0.1, -0.05) is 19.1 Å². The Hall–Kier alpha value is -4.00. The molecule has 0 amide bonds. The molecule has 0 fully saturated rings. The number of hydrogen-bond acceptors (Lipinski definition) is 7. The van der Waals surface area contributed by atoms with Crippen molar-refractivity contribution >= 4 is 11.9 Å². The third kappa shape index (κ3) is 5.18. The zero-order valence-electron chi connectivity index (χ0n) is 18.3. The summed E-state index contributed by atoms with van der Waals surface area (Å²) in [5.41, 5.74) is 1.67. The number of rotatable bonds is 8. The second kappa shape index (κ2) is 10.3. The maximum atomic E-state index is 12.6. The van der Waals surface area contributed by atoms with Gasteiger partial charge in [0, 0.05) is 0 Å². The van der Waals surface area contributed by atoms with E-state index < -0.39 is 11.9 Å². The molecule has 0 aliphatic heterocycles. The van der Waals surface area contributed by atoms with Crippen molar-refractivity contribution in [2.75, 3.05) is 21.3 Å². The van der Waals surface area contributed by atoms with E-state index >= 15 is 0 Å². The van der Waals surface area contributed by atoms with Crippen LogP contribution in [0.15, 0.2) is 60.7 Å². The second-order valence-corrected chi connectivity index (χ2v) is 6.71. The smallest absolute Gasteiger partial charge is 0.343 e. The second-order valence-electron chi connectivity index (χ2n) is 6.71. The van der Waals surface area contributed by atoms with Gasteiger partial charge >= 0.3 is 11.9 Å². The summed E-state index contributed by atoms with van der Waals surface area (Å²) in [5.74, 6) is 0.551. The van der Waals surface area contributed by atoms with Gasteiger partial charge in [-0.25, -0.2) is 9.59 Å². The molecule has 0 aliphatic rings. The minimum atomic E-state index is -0.615. The molecule has 0 saturated carbocycles. The van der Waals surface area contributed by atoms with Crippen molar-refractivity contribution in [3.05, 3.63) is 77.4 Å². The van der Waals surface area contributed by atoms with Gasteiger partial charge in [-0.2, -0.15) is 0 Å². The van der Waals surface area contributed by atoms with Gasteiger partial charge in [0.25, 0.3) is 0 Å². The molecule has 0 aliphatic carbocycles. The summed E-state index contributed by atoms with van der Waals surface area (Å²) in [5, 5.41) is 0. The van der Waals surface area contributed by atoms with Gasteiger partial charge in [0.15, 0.2) is 23.0 Å². The molecule has 0 heterocycles. The zero-order valence-corrected chi connectivity index (χ0v) is 18.3. The van der Waals surface area contributed by atoms with E-state index in [0.29, 0.717) is 17.2 Å². The molecule has 0 unspecified atom stereocenters. The fraction of sp³-hybridized carbons (Fsp3) is 0.200. The molecular formula is C25H24O7. The lowest BCUT2D eigenvalue weighted by molar-refractivity contribution is 0.0728. The van der Waals surface area contributed by atoms with Gasteiger partial charge in [-0.3, -0.25) is 0 Å². The molecule has 32 heavy (non-hydrogen) atoms. The predicted octanol–water partition coefficient (Wildman–Crippen LogP) is 4.71. The van der Waals surface area contributed by atoms with E-state index in [1.807, 2.05) is 19.1 Å². The molecule has 3 aromatic rings. The Morgan fingerprint density at radius 1 is 0.625 bits per heavy atom. The Morgan fingerprint density at radius 3 is 1.66 bits per heavy atom. The largest absolute Gasteiger partial charge is 0.493 e. The lowest BCUT2D eigenvalue weighted by Crippen LogP contribution is -2.11. The van der Waals surface area contributed by atoms with Crippen molar-refractivity contribution in [1.82, 2.24) is 0 Å². The van der Waals surface area contributed by atoms with Crippen LogP contribution in [-0.4, -0.2) is 33.3 Å². The van der Waals surface area contributed by atoms with Crippen LogP contribution in [0.4, 0.5) is 0 Å². The Kier molecular flexibility index (Phi) is 7.33. The number of carbonyl (C=O) groups excluding carboxylic acids is 2. The minimum absolute atomic E-state index is 0.163. The first kappa shape index (κ1) is 22.7. The number of aryl methyl sites for hydroxylation is 1. The summed E-state index contributed by atoms with van der Waals surface area (Å²) in [4.78, 5) is 25.1. The first-order valence-corrected chi connectivity index (χ1v) is 9.92. The van der Waals surface area contributed by atoms with Gasteiger partial charge < -0.3 is 23.7 Å². The number of esters is 2. The molecule has 7 nitrogen and oxygen atoms in total. The van der Waals surface area contributed by atoms with E-state index in [2.05, 4.69) is 0 Å². The Morgan fingerprint density at radius 2 is 1.12 bits per heavy atom. The highest BCUT2D eigenvalue weighted by Gasteiger charge is 2.18. The molecule has 7 heteroatoms. The van der Waals surface area contributed by atoms with Crippen LogP contribution in [-0.2, 0) is 6.42 Å². The summed E-state index contributed by atoms with van der Waals surface area (Å²) in [6.45, 7) is 2.05. The molecule has 166 valence electrons. The fourth-order valence-electron chi connectivity index (χ4n) is 2.96. The molecule has 3 aromatic carbocycles. The van der Waals surface area contributed by atoms with Crippen LogP contribution in [0, 0.1) is 0 Å². The highest BCUT2D eigenvalue weighted by atomic mass is 16.6. The SMILES string of the molecule is CCc1ccc(OC(=O)c2ccc(OC(=O)c3ccc(OC)c(OC)c3)c(OC)c2)cc1. The molecule has 0 N–H and O–H groups in total. The molecule has 0 bridgehead atoms. The van der Waals surface area contributed by atoms with E-state index in [1.54, 1.807) is 24.3 Å². The Balaban J connectivity index is 1.75. The fourth-order valence-corrected chi connectivity index (χ4v) is 2.96. The lowest BCUT2D eigenvalue weighted by atomic mass is 10.1. The normalized spacial score (nSPS) is 10.2. The molecule has 0 radical (unpaired) electrons. The Bertz CT molecular complexity index is 1100. The first-order chi connectivity index (χ1) is 15.5. The van der Waals surface area contributed by atoms with E-state index in [0.717, 1.165) is 12.0 Å². The third-order valence-corrected chi connectivity index (χ3v) is 4.76. The van der Waals surface area contributed by atoms with E-state index in [4.69, 9.17) is 23.7 Å². The van der Waals surface area contributed by atoms with Crippen molar-refractivity contribution in [1.29, 1.82) is 0 Å². The highest BCUT2D eigenvalue weighted by molar-refractivity contribution is 5.94. The van der Waals surface area contributed by atoms with Crippen LogP contribution >= 0.6 is 0 Å². The quantitative estimate of drug-likeness (QED) is 0.374. The first-order valence-electron chi connectivity index (χ1n) is 9.92. The molecule has 0 spiro atoms. The zero-order chi connectivity index (χ0) is 23.1. The summed E-state index contributed by atoms with van der Waals surface area (Å²) < 4.78 is 26.6. The highest BCUT2D eigenvalue weighted by Crippen LogP contribution is 2.31. The van der Waals surface area contributed by atoms with Gasteiger partial charge in [0.05, 0.1) is 32.5 Å². The predicted molar refractivity (Wildman–Crippen MR) is 118 cm³/mol. The number of benzene rings is 3. The van der Waals surface area contributed by atoms with Crippen molar-refractivity contribution in [2.45, 2.75) is 13.3 Å². The molecule has 3 rings (SSSR count). The lowest BCUT2D eigenvalue weighted by Gasteiger charge is -2.12. The summed E-state index contributed by atoms with van der Waals surface area (Å²) in [6, 6.07) is 16.4. The molecular weight excluding hydrogens is 412 g/mol. The third-order valence-electron chi connectivity index (χ3n) is 4.76. The average molecular weight is 436 g/mol. The van der Waals surface area contributed by atoms with Crippen LogP contribution in [0.5, 0.6) is 28.7 Å². The van der Waals surface area contributed by atoms with Gasteiger partial charge in [0.1, 0.15) is 5.75 Å². The van der Waals surface area contributed by atoms with Crippen LogP contribution < -0.4 is 23.7 Å². The topological polar surface area (TPSA) is 80.3 Å². The molecule has 0 atom stereocenters. The number of ether oxygens (including phenoxy) is 5. The van der Waals surface area contributed by atoms with E-state index in [-0.39, 0.29) is 22.6 Å². The van der Waals surface area contributed by atoms with Gasteiger partial charge in [0.2, 0.25) is 0 Å². The summed E-state index contributed by atoms with van der Waals surface area (Å²) >= 11 is 0. The summed E-state index contributed by atoms with van der Waals surface area (Å²) in [7, 11) is 4.40. The maximum absolute atomic E-state index is 12.6. The van der Waals surface area contributed by atoms with Gasteiger partial charge in [-0.05, 0) is 60.5 Å². The van der Waals surface area contributed by atoms with Crippen molar-refractivity contribution in [3.63, 3.8) is 0 Å². The Labute approximate surface area is 186 Å². The van der Waals surface area contributed by atoms with Crippen LogP contribution in [0.3, 0.4) is 0 Å². The number of carbonyl (C=O) groups is 2. The molecule has 0 saturated heterocycles. The van der Waals surface area contributed by atoms with E-state index in [1.165, 1.54) is 45.6 Å². The van der Waals surface area contributed by atoms with Crippen molar-refractivity contribution in [3.8, 4) is 28.7 Å². The summed E-state index contributed by atoms with van der Waals surface area (Å²) in [6.07, 6.45) is 0.898. The van der Waals surface area contributed by atoms with Gasteiger partial charge in [-0.15, -0.1) is 0 Å². The maximum Gasteiger partial charge on any atom is 0.343 e. The van der Waals surface area contributed by atoms with Crippen LogP contribution in [0.1, 0.15) is 33.2 Å². The van der Waals surface area contributed by atoms with Crippen LogP contribution in [0.2, 0.25) is 0 Å². The van der Waals surface area contributed by atoms with Crippen molar-refractivity contribution < 1.29 is 33.3 Å². The van der Waals surface area contributed by atoms with Crippen molar-refractivity contribution in [2.24, 2.45) is 0 Å².